The molecule has 0 saturated carbocycles. The van der Waals surface area contributed by atoms with Crippen LogP contribution in [0.15, 0.2) is 73.1 Å². The van der Waals surface area contributed by atoms with Gasteiger partial charge in [-0.2, -0.15) is 0 Å². The number of anilines is 1. The largest absolute Gasteiger partial charge is 0.366 e. The van der Waals surface area contributed by atoms with E-state index in [0.717, 1.165) is 17.5 Å². The lowest BCUT2D eigenvalue weighted by atomic mass is 9.98. The summed E-state index contributed by atoms with van der Waals surface area (Å²) >= 11 is 0. The second-order valence-electron chi connectivity index (χ2n) is 8.78. The first-order valence-corrected chi connectivity index (χ1v) is 11.7. The van der Waals surface area contributed by atoms with E-state index in [0.29, 0.717) is 5.56 Å². The predicted octanol–water partition coefficient (Wildman–Crippen LogP) is 7.81. The molecule has 3 aromatic carbocycles. The molecule has 1 atom stereocenters. The fourth-order valence-electron chi connectivity index (χ4n) is 4.60. The summed E-state index contributed by atoms with van der Waals surface area (Å²) in [5.74, 6) is -0.186. The van der Waals surface area contributed by atoms with Crippen LogP contribution in [0.1, 0.15) is 61.0 Å². The maximum atomic E-state index is 14.8. The number of para-hydroxylation sites is 1. The highest BCUT2D eigenvalue weighted by atomic mass is 19.1. The van der Waals surface area contributed by atoms with Crippen molar-refractivity contribution in [2.45, 2.75) is 59.0 Å². The first-order chi connectivity index (χ1) is 15.6. The van der Waals surface area contributed by atoms with Gasteiger partial charge in [-0.15, -0.1) is 0 Å². The smallest absolute Gasteiger partial charge is 0.131 e. The molecule has 1 aliphatic heterocycles. The maximum absolute atomic E-state index is 14.8. The summed E-state index contributed by atoms with van der Waals surface area (Å²) in [5.41, 5.74) is 7.57. The van der Waals surface area contributed by atoms with Crippen LogP contribution in [0.3, 0.4) is 0 Å². The van der Waals surface area contributed by atoms with Crippen LogP contribution in [0, 0.1) is 19.7 Å². The van der Waals surface area contributed by atoms with E-state index in [1.54, 1.807) is 6.07 Å². The van der Waals surface area contributed by atoms with Gasteiger partial charge in [-0.05, 0) is 66.6 Å². The zero-order valence-electron chi connectivity index (χ0n) is 19.4. The molecule has 0 amide bonds. The van der Waals surface area contributed by atoms with Gasteiger partial charge in [0.1, 0.15) is 12.0 Å². The van der Waals surface area contributed by atoms with E-state index in [4.69, 9.17) is 0 Å². The second kappa shape index (κ2) is 10.0. The first-order valence-electron chi connectivity index (χ1n) is 11.7. The number of rotatable bonds is 8. The van der Waals surface area contributed by atoms with Crippen LogP contribution in [-0.2, 0) is 6.42 Å². The van der Waals surface area contributed by atoms with Crippen LogP contribution in [-0.4, -0.2) is 0 Å². The quantitative estimate of drug-likeness (QED) is 0.368. The van der Waals surface area contributed by atoms with Gasteiger partial charge in [-0.1, -0.05) is 74.7 Å². The Kier molecular flexibility index (Phi) is 6.94. The van der Waals surface area contributed by atoms with E-state index in [2.05, 4.69) is 79.7 Å². The number of halogens is 1. The van der Waals surface area contributed by atoms with Crippen molar-refractivity contribution in [3.05, 3.63) is 101 Å². The Labute approximate surface area is 191 Å². The van der Waals surface area contributed by atoms with Crippen LogP contribution in [0.5, 0.6) is 0 Å². The fraction of sp³-hybridized carbons (Fsp3) is 0.310. The minimum absolute atomic E-state index is 0.0630. The lowest BCUT2D eigenvalue weighted by molar-refractivity contribution is 0.624. The Hall–Kier alpha value is -3.07. The van der Waals surface area contributed by atoms with Crippen LogP contribution in [0.25, 0.3) is 11.1 Å². The van der Waals surface area contributed by atoms with Crippen molar-refractivity contribution in [1.82, 2.24) is 5.32 Å². The Morgan fingerprint density at radius 1 is 0.906 bits per heavy atom. The van der Waals surface area contributed by atoms with Crippen molar-refractivity contribution in [3.8, 4) is 11.1 Å². The van der Waals surface area contributed by atoms with Crippen molar-refractivity contribution in [1.29, 1.82) is 0 Å². The molecule has 4 rings (SSSR count). The topological polar surface area (TPSA) is 15.3 Å². The highest BCUT2D eigenvalue weighted by Gasteiger charge is 2.25. The number of unbranched alkanes of at least 4 members (excludes halogenated alkanes) is 3. The average molecular weight is 429 g/mol. The van der Waals surface area contributed by atoms with Crippen molar-refractivity contribution in [2.24, 2.45) is 0 Å². The van der Waals surface area contributed by atoms with Gasteiger partial charge in [-0.25, -0.2) is 4.39 Å². The molecule has 32 heavy (non-hydrogen) atoms. The maximum Gasteiger partial charge on any atom is 0.131 e. The summed E-state index contributed by atoms with van der Waals surface area (Å²) in [7, 11) is 0. The minimum Gasteiger partial charge on any atom is -0.366 e. The van der Waals surface area contributed by atoms with Gasteiger partial charge in [0.2, 0.25) is 0 Å². The molecule has 3 aromatic rings. The fourth-order valence-corrected chi connectivity index (χ4v) is 4.60. The van der Waals surface area contributed by atoms with Gasteiger partial charge in [0.25, 0.3) is 0 Å². The van der Waals surface area contributed by atoms with Gasteiger partial charge in [0.15, 0.2) is 0 Å². The summed E-state index contributed by atoms with van der Waals surface area (Å²) < 4.78 is 14.8. The molecule has 0 radical (unpaired) electrons. The van der Waals surface area contributed by atoms with Crippen LogP contribution in [0.2, 0.25) is 0 Å². The predicted molar refractivity (Wildman–Crippen MR) is 133 cm³/mol. The number of hydrogen-bond acceptors (Lipinski definition) is 2. The Bertz CT molecular complexity index is 1060. The Balaban J connectivity index is 1.58. The van der Waals surface area contributed by atoms with Crippen molar-refractivity contribution in [2.75, 3.05) is 4.90 Å². The summed E-state index contributed by atoms with van der Waals surface area (Å²) in [6.45, 7) is 6.49. The van der Waals surface area contributed by atoms with E-state index in [1.165, 1.54) is 48.1 Å². The molecule has 3 heteroatoms. The molecular weight excluding hydrogens is 395 g/mol. The monoisotopic (exact) mass is 428 g/mol. The van der Waals surface area contributed by atoms with E-state index < -0.39 is 0 Å². The number of benzene rings is 3. The molecule has 0 saturated heterocycles. The molecule has 0 bridgehead atoms. The average Bonchev–Trinajstić information content (AvgIpc) is 3.27. The summed E-state index contributed by atoms with van der Waals surface area (Å²) in [6.07, 6.45) is 10.1. The lowest BCUT2D eigenvalue weighted by Gasteiger charge is -2.29. The number of hydrogen-bond donors (Lipinski definition) is 1. The van der Waals surface area contributed by atoms with E-state index in [1.807, 2.05) is 18.3 Å². The van der Waals surface area contributed by atoms with Crippen molar-refractivity contribution < 1.29 is 4.39 Å². The third kappa shape index (κ3) is 4.72. The van der Waals surface area contributed by atoms with Crippen molar-refractivity contribution >= 4 is 5.69 Å². The normalized spacial score (nSPS) is 15.2. The standard InChI is InChI=1S/C29H33FN2/c1-4-5-6-7-11-23-12-14-24(15-13-23)26-20-25(16-17-27(26)30)29-31-18-19-32(29)28-21(2)9-8-10-22(28)3/h8-10,12-20,29,31H,4-7,11H2,1-3H3. The molecule has 0 aliphatic carbocycles. The van der Waals surface area contributed by atoms with E-state index in [-0.39, 0.29) is 12.0 Å². The molecule has 1 heterocycles. The molecule has 1 unspecified atom stereocenters. The Morgan fingerprint density at radius 3 is 2.38 bits per heavy atom. The molecule has 0 fully saturated rings. The highest BCUT2D eigenvalue weighted by Crippen LogP contribution is 2.35. The summed E-state index contributed by atoms with van der Waals surface area (Å²) in [6, 6.07) is 20.2. The zero-order chi connectivity index (χ0) is 22.5. The van der Waals surface area contributed by atoms with E-state index >= 15 is 0 Å². The third-order valence-electron chi connectivity index (χ3n) is 6.36. The first kappa shape index (κ1) is 22.1. The molecule has 166 valence electrons. The molecule has 1 aliphatic rings. The Morgan fingerprint density at radius 2 is 1.66 bits per heavy atom. The van der Waals surface area contributed by atoms with Gasteiger partial charge in [0.05, 0.1) is 0 Å². The van der Waals surface area contributed by atoms with E-state index in [9.17, 15) is 4.39 Å². The molecule has 0 spiro atoms. The zero-order valence-corrected chi connectivity index (χ0v) is 19.4. The molecule has 2 nitrogen and oxygen atoms in total. The van der Waals surface area contributed by atoms with Gasteiger partial charge >= 0.3 is 0 Å². The second-order valence-corrected chi connectivity index (χ2v) is 8.78. The summed E-state index contributed by atoms with van der Waals surface area (Å²) in [4.78, 5) is 2.24. The molecular formula is C29H33FN2. The molecule has 1 N–H and O–H groups in total. The lowest BCUT2D eigenvalue weighted by Crippen LogP contribution is -2.27. The summed E-state index contributed by atoms with van der Waals surface area (Å²) in [5, 5.41) is 3.44. The molecule has 0 aromatic heterocycles. The highest BCUT2D eigenvalue weighted by molar-refractivity contribution is 5.67. The third-order valence-corrected chi connectivity index (χ3v) is 6.36. The number of nitrogens with zero attached hydrogens (tertiary/aromatic N) is 1. The SMILES string of the molecule is CCCCCCc1ccc(-c2cc(C3NC=CN3c3c(C)cccc3C)ccc2F)cc1. The van der Waals surface area contributed by atoms with Crippen molar-refractivity contribution in [3.63, 3.8) is 0 Å². The van der Waals surface area contributed by atoms with Crippen LogP contribution >= 0.6 is 0 Å². The van der Waals surface area contributed by atoms with Gasteiger partial charge in [0, 0.05) is 23.7 Å². The number of nitrogens with one attached hydrogen (secondary N) is 1. The van der Waals surface area contributed by atoms with Crippen LogP contribution < -0.4 is 10.2 Å². The number of aryl methyl sites for hydroxylation is 3. The minimum atomic E-state index is -0.186. The van der Waals surface area contributed by atoms with Gasteiger partial charge < -0.3 is 10.2 Å². The van der Waals surface area contributed by atoms with Gasteiger partial charge in [-0.3, -0.25) is 0 Å². The van der Waals surface area contributed by atoms with Crippen LogP contribution in [0.4, 0.5) is 10.1 Å².